The molecule has 2 rings (SSSR count). The summed E-state index contributed by atoms with van der Waals surface area (Å²) in [6, 6.07) is 1.63. The maximum absolute atomic E-state index is 12.3. The van der Waals surface area contributed by atoms with E-state index in [0.29, 0.717) is 11.2 Å². The molecule has 6 heteroatoms. The van der Waals surface area contributed by atoms with Gasteiger partial charge in [-0.1, -0.05) is 13.8 Å². The van der Waals surface area contributed by atoms with Crippen molar-refractivity contribution in [3.8, 4) is 0 Å². The lowest BCUT2D eigenvalue weighted by atomic mass is 10.1. The van der Waals surface area contributed by atoms with E-state index in [-0.39, 0.29) is 24.5 Å². The fourth-order valence-electron chi connectivity index (χ4n) is 2.10. The number of aliphatic hydroxyl groups is 1. The first-order chi connectivity index (χ1) is 9.43. The average Bonchev–Trinajstić information content (AvgIpc) is 2.79. The van der Waals surface area contributed by atoms with Crippen LogP contribution in [0.3, 0.4) is 0 Å². The molecule has 0 aliphatic rings. The van der Waals surface area contributed by atoms with Crippen LogP contribution in [-0.2, 0) is 0 Å². The zero-order valence-corrected chi connectivity index (χ0v) is 12.2. The van der Waals surface area contributed by atoms with Crippen LogP contribution in [0.25, 0.3) is 5.65 Å². The number of nitrogens with one attached hydrogen (secondary N) is 1. The number of aliphatic hydroxyl groups excluding tert-OH is 1. The zero-order chi connectivity index (χ0) is 14.9. The van der Waals surface area contributed by atoms with E-state index in [0.717, 1.165) is 11.4 Å². The van der Waals surface area contributed by atoms with E-state index in [9.17, 15) is 9.90 Å². The first-order valence-corrected chi connectivity index (χ1v) is 6.67. The van der Waals surface area contributed by atoms with Gasteiger partial charge >= 0.3 is 0 Å². The van der Waals surface area contributed by atoms with Crippen LogP contribution < -0.4 is 5.32 Å². The van der Waals surface area contributed by atoms with Crippen LogP contribution in [0.5, 0.6) is 0 Å². The second-order valence-corrected chi connectivity index (χ2v) is 5.34. The number of carbonyl (C=O) groups is 1. The van der Waals surface area contributed by atoms with Crippen LogP contribution in [0, 0.1) is 19.8 Å². The van der Waals surface area contributed by atoms with Crippen LogP contribution in [-0.4, -0.2) is 38.3 Å². The molecule has 2 aromatic heterocycles. The standard InChI is InChI=1S/C14H20N4O2/c1-8(2)12(7-19)17-14(20)11-6-15-18-10(4)5-9(3)16-13(11)18/h5-6,8,12,19H,7H2,1-4H3,(H,17,20)/t12-/m1/s1. The lowest BCUT2D eigenvalue weighted by Gasteiger charge is -2.19. The molecule has 1 atom stereocenters. The van der Waals surface area contributed by atoms with Crippen LogP contribution in [0.4, 0.5) is 0 Å². The van der Waals surface area contributed by atoms with Gasteiger partial charge in [-0.3, -0.25) is 4.79 Å². The van der Waals surface area contributed by atoms with Gasteiger partial charge in [0.1, 0.15) is 5.56 Å². The Labute approximate surface area is 117 Å². The van der Waals surface area contributed by atoms with Gasteiger partial charge in [0.05, 0.1) is 18.8 Å². The van der Waals surface area contributed by atoms with E-state index in [1.165, 1.54) is 6.20 Å². The smallest absolute Gasteiger partial charge is 0.257 e. The van der Waals surface area contributed by atoms with Crippen molar-refractivity contribution in [3.05, 3.63) is 29.2 Å². The molecule has 0 saturated carbocycles. The van der Waals surface area contributed by atoms with Gasteiger partial charge in [-0.15, -0.1) is 0 Å². The minimum Gasteiger partial charge on any atom is -0.394 e. The van der Waals surface area contributed by atoms with Gasteiger partial charge in [0, 0.05) is 11.4 Å². The minimum absolute atomic E-state index is 0.0892. The largest absolute Gasteiger partial charge is 0.394 e. The van der Waals surface area contributed by atoms with Crippen LogP contribution in [0.2, 0.25) is 0 Å². The Morgan fingerprint density at radius 2 is 2.15 bits per heavy atom. The molecule has 20 heavy (non-hydrogen) atoms. The first-order valence-electron chi connectivity index (χ1n) is 6.67. The molecule has 2 heterocycles. The molecular formula is C14H20N4O2. The normalized spacial score (nSPS) is 12.9. The Hall–Kier alpha value is -1.95. The van der Waals surface area contributed by atoms with E-state index in [2.05, 4.69) is 15.4 Å². The van der Waals surface area contributed by atoms with E-state index >= 15 is 0 Å². The molecule has 108 valence electrons. The van der Waals surface area contributed by atoms with Gasteiger partial charge in [-0.25, -0.2) is 9.50 Å². The summed E-state index contributed by atoms with van der Waals surface area (Å²) < 4.78 is 1.64. The second kappa shape index (κ2) is 5.58. The summed E-state index contributed by atoms with van der Waals surface area (Å²) in [5, 5.41) is 16.3. The highest BCUT2D eigenvalue weighted by atomic mass is 16.3. The van der Waals surface area contributed by atoms with E-state index in [1.54, 1.807) is 4.52 Å². The summed E-state index contributed by atoms with van der Waals surface area (Å²) in [5.74, 6) is -0.104. The molecule has 0 bridgehead atoms. The van der Waals surface area contributed by atoms with Crippen molar-refractivity contribution in [1.29, 1.82) is 0 Å². The Bertz CT molecular complexity index is 633. The summed E-state index contributed by atoms with van der Waals surface area (Å²) >= 11 is 0. The Morgan fingerprint density at radius 1 is 1.45 bits per heavy atom. The zero-order valence-electron chi connectivity index (χ0n) is 12.2. The lowest BCUT2D eigenvalue weighted by Crippen LogP contribution is -2.41. The summed E-state index contributed by atoms with van der Waals surface area (Å²) in [4.78, 5) is 16.7. The average molecular weight is 276 g/mol. The van der Waals surface area contributed by atoms with Gasteiger partial charge < -0.3 is 10.4 Å². The highest BCUT2D eigenvalue weighted by Crippen LogP contribution is 2.12. The number of rotatable bonds is 4. The molecular weight excluding hydrogens is 256 g/mol. The molecule has 0 aliphatic heterocycles. The predicted molar refractivity (Wildman–Crippen MR) is 75.6 cm³/mol. The topological polar surface area (TPSA) is 79.5 Å². The third-order valence-corrected chi connectivity index (χ3v) is 3.34. The fourth-order valence-corrected chi connectivity index (χ4v) is 2.10. The molecule has 0 spiro atoms. The third kappa shape index (κ3) is 2.65. The van der Waals surface area contributed by atoms with Crippen LogP contribution >= 0.6 is 0 Å². The van der Waals surface area contributed by atoms with Crippen molar-refractivity contribution >= 4 is 11.6 Å². The third-order valence-electron chi connectivity index (χ3n) is 3.34. The number of hydrogen-bond donors (Lipinski definition) is 2. The van der Waals surface area contributed by atoms with Gasteiger partial charge in [0.15, 0.2) is 5.65 Å². The van der Waals surface area contributed by atoms with E-state index < -0.39 is 0 Å². The molecule has 2 N–H and O–H groups in total. The highest BCUT2D eigenvalue weighted by Gasteiger charge is 2.20. The van der Waals surface area contributed by atoms with Gasteiger partial charge in [0.25, 0.3) is 5.91 Å². The van der Waals surface area contributed by atoms with Gasteiger partial charge in [0.2, 0.25) is 0 Å². The van der Waals surface area contributed by atoms with Crippen LogP contribution in [0.15, 0.2) is 12.3 Å². The fraction of sp³-hybridized carbons (Fsp3) is 0.500. The van der Waals surface area contributed by atoms with Crippen molar-refractivity contribution in [2.75, 3.05) is 6.61 Å². The van der Waals surface area contributed by atoms with Crippen molar-refractivity contribution < 1.29 is 9.90 Å². The molecule has 0 unspecified atom stereocenters. The molecule has 0 saturated heterocycles. The quantitative estimate of drug-likeness (QED) is 0.876. The predicted octanol–water partition coefficient (Wildman–Crippen LogP) is 1.09. The molecule has 6 nitrogen and oxygen atoms in total. The number of aryl methyl sites for hydroxylation is 2. The number of carbonyl (C=O) groups excluding carboxylic acids is 1. The summed E-state index contributed by atoms with van der Waals surface area (Å²) in [7, 11) is 0. The second-order valence-electron chi connectivity index (χ2n) is 5.34. The number of hydrogen-bond acceptors (Lipinski definition) is 4. The summed E-state index contributed by atoms with van der Waals surface area (Å²) in [6.45, 7) is 7.61. The van der Waals surface area contributed by atoms with E-state index in [1.807, 2.05) is 33.8 Å². The minimum atomic E-state index is -0.275. The first kappa shape index (κ1) is 14.5. The number of amides is 1. The molecule has 0 radical (unpaired) electrons. The van der Waals surface area contributed by atoms with Crippen molar-refractivity contribution in [2.45, 2.75) is 33.7 Å². The monoisotopic (exact) mass is 276 g/mol. The Balaban J connectivity index is 2.36. The molecule has 1 amide bonds. The summed E-state index contributed by atoms with van der Waals surface area (Å²) in [6.07, 6.45) is 1.51. The lowest BCUT2D eigenvalue weighted by molar-refractivity contribution is 0.0898. The van der Waals surface area contributed by atoms with E-state index in [4.69, 9.17) is 0 Å². The molecule has 2 aromatic rings. The molecule has 0 fully saturated rings. The van der Waals surface area contributed by atoms with Crippen molar-refractivity contribution in [3.63, 3.8) is 0 Å². The van der Waals surface area contributed by atoms with Crippen molar-refractivity contribution in [1.82, 2.24) is 19.9 Å². The molecule has 0 aliphatic carbocycles. The molecule has 0 aromatic carbocycles. The maximum atomic E-state index is 12.3. The Kier molecular flexibility index (Phi) is 4.04. The number of nitrogens with zero attached hydrogens (tertiary/aromatic N) is 3. The highest BCUT2D eigenvalue weighted by molar-refractivity contribution is 5.99. The van der Waals surface area contributed by atoms with Crippen LogP contribution in [0.1, 0.15) is 35.6 Å². The van der Waals surface area contributed by atoms with Crippen molar-refractivity contribution in [2.24, 2.45) is 5.92 Å². The number of fused-ring (bicyclic) bond motifs is 1. The summed E-state index contributed by atoms with van der Waals surface area (Å²) in [5.41, 5.74) is 2.73. The maximum Gasteiger partial charge on any atom is 0.257 e. The number of aromatic nitrogens is 3. The Morgan fingerprint density at radius 3 is 2.75 bits per heavy atom. The van der Waals surface area contributed by atoms with Gasteiger partial charge in [-0.05, 0) is 25.8 Å². The van der Waals surface area contributed by atoms with Gasteiger partial charge in [-0.2, -0.15) is 5.10 Å². The SMILES string of the molecule is Cc1cc(C)n2ncc(C(=O)N[C@H](CO)C(C)C)c2n1.